The third-order valence-corrected chi connectivity index (χ3v) is 3.73. The van der Waals surface area contributed by atoms with Gasteiger partial charge in [0.1, 0.15) is 5.75 Å². The summed E-state index contributed by atoms with van der Waals surface area (Å²) >= 11 is 0. The van der Waals surface area contributed by atoms with E-state index < -0.39 is 6.61 Å². The van der Waals surface area contributed by atoms with Crippen LogP contribution in [0.15, 0.2) is 24.3 Å². The highest BCUT2D eigenvalue weighted by molar-refractivity contribution is 5.27. The lowest BCUT2D eigenvalue weighted by Gasteiger charge is -2.29. The minimum absolute atomic E-state index is 0.0296. The molecule has 0 saturated carbocycles. The average molecular weight is 271 g/mol. The Kier molecular flexibility index (Phi) is 4.37. The lowest BCUT2D eigenvalue weighted by Crippen LogP contribution is -2.47. The summed E-state index contributed by atoms with van der Waals surface area (Å²) in [6.45, 7) is 2.86. The molecule has 1 aliphatic rings. The Labute approximate surface area is 111 Å². The fraction of sp³-hybridized carbons (Fsp3) is 0.571. The molecule has 1 aromatic carbocycles. The summed E-state index contributed by atoms with van der Waals surface area (Å²) < 4.78 is 33.9. The highest BCUT2D eigenvalue weighted by atomic mass is 19.3. The van der Waals surface area contributed by atoms with Gasteiger partial charge in [0, 0.05) is 18.7 Å². The summed E-state index contributed by atoms with van der Waals surface area (Å²) in [6.07, 6.45) is 1.15. The van der Waals surface area contributed by atoms with Gasteiger partial charge in [-0.1, -0.05) is 12.1 Å². The predicted molar refractivity (Wildman–Crippen MR) is 68.3 cm³/mol. The van der Waals surface area contributed by atoms with Crippen molar-refractivity contribution in [2.45, 2.75) is 45.1 Å². The van der Waals surface area contributed by atoms with Crippen LogP contribution in [0.2, 0.25) is 0 Å². The number of ether oxygens (including phenoxy) is 2. The van der Waals surface area contributed by atoms with Crippen molar-refractivity contribution in [1.29, 1.82) is 0 Å². The van der Waals surface area contributed by atoms with E-state index >= 15 is 0 Å². The second-order valence-electron chi connectivity index (χ2n) is 5.06. The van der Waals surface area contributed by atoms with E-state index in [1.54, 1.807) is 24.3 Å². The first-order valence-electron chi connectivity index (χ1n) is 6.40. The molecule has 1 aliphatic heterocycles. The number of nitrogens with one attached hydrogen (secondary N) is 1. The highest BCUT2D eigenvalue weighted by Gasteiger charge is 2.36. The first kappa shape index (κ1) is 14.2. The molecule has 3 nitrogen and oxygen atoms in total. The zero-order valence-electron chi connectivity index (χ0n) is 11.2. The van der Waals surface area contributed by atoms with Crippen LogP contribution in [0.25, 0.3) is 0 Å². The van der Waals surface area contributed by atoms with E-state index in [0.29, 0.717) is 6.54 Å². The minimum atomic E-state index is -2.78. The van der Waals surface area contributed by atoms with Crippen molar-refractivity contribution in [3.05, 3.63) is 29.8 Å². The van der Waals surface area contributed by atoms with Crippen LogP contribution in [0.4, 0.5) is 8.78 Å². The van der Waals surface area contributed by atoms with E-state index in [1.807, 2.05) is 0 Å². The molecule has 0 bridgehead atoms. The molecule has 0 aliphatic carbocycles. The summed E-state index contributed by atoms with van der Waals surface area (Å²) in [7, 11) is 0. The van der Waals surface area contributed by atoms with Gasteiger partial charge in [-0.3, -0.25) is 0 Å². The zero-order valence-corrected chi connectivity index (χ0v) is 11.2. The normalized spacial score (nSPS) is 26.9. The van der Waals surface area contributed by atoms with Crippen molar-refractivity contribution in [2.24, 2.45) is 0 Å². The second kappa shape index (κ2) is 5.84. The molecule has 1 saturated heterocycles. The Morgan fingerprint density at radius 2 is 2.11 bits per heavy atom. The smallest absolute Gasteiger partial charge is 0.387 e. The largest absolute Gasteiger partial charge is 0.435 e. The molecule has 0 radical (unpaired) electrons. The van der Waals surface area contributed by atoms with Crippen molar-refractivity contribution >= 4 is 0 Å². The molecule has 19 heavy (non-hydrogen) atoms. The SMILES string of the molecule is CC1OCCC1(C)NCc1ccc(OC(F)F)cc1. The maximum atomic E-state index is 12.0. The van der Waals surface area contributed by atoms with Crippen molar-refractivity contribution < 1.29 is 18.3 Å². The number of benzene rings is 1. The van der Waals surface area contributed by atoms with Crippen LogP contribution in [0.3, 0.4) is 0 Å². The molecule has 1 N–H and O–H groups in total. The molecule has 106 valence electrons. The van der Waals surface area contributed by atoms with Crippen molar-refractivity contribution in [3.8, 4) is 5.75 Å². The average Bonchev–Trinajstić information content (AvgIpc) is 2.69. The van der Waals surface area contributed by atoms with Gasteiger partial charge in [-0.25, -0.2) is 0 Å². The van der Waals surface area contributed by atoms with Gasteiger partial charge in [-0.05, 0) is 38.0 Å². The monoisotopic (exact) mass is 271 g/mol. The number of hydrogen-bond acceptors (Lipinski definition) is 3. The lowest BCUT2D eigenvalue weighted by atomic mass is 9.94. The molecule has 1 fully saturated rings. The van der Waals surface area contributed by atoms with Crippen LogP contribution in [-0.2, 0) is 11.3 Å². The Bertz CT molecular complexity index is 410. The first-order chi connectivity index (χ1) is 8.99. The van der Waals surface area contributed by atoms with E-state index in [9.17, 15) is 8.78 Å². The zero-order chi connectivity index (χ0) is 13.9. The number of rotatable bonds is 5. The molecule has 2 rings (SSSR count). The molecular formula is C14H19F2NO2. The van der Waals surface area contributed by atoms with Crippen molar-refractivity contribution in [2.75, 3.05) is 6.61 Å². The van der Waals surface area contributed by atoms with Crippen molar-refractivity contribution in [1.82, 2.24) is 5.32 Å². The Morgan fingerprint density at radius 1 is 1.42 bits per heavy atom. The van der Waals surface area contributed by atoms with E-state index in [4.69, 9.17) is 4.74 Å². The van der Waals surface area contributed by atoms with Crippen LogP contribution >= 0.6 is 0 Å². The lowest BCUT2D eigenvalue weighted by molar-refractivity contribution is -0.0498. The summed E-state index contributed by atoms with van der Waals surface area (Å²) in [5, 5.41) is 3.47. The van der Waals surface area contributed by atoms with Crippen LogP contribution < -0.4 is 10.1 Å². The highest BCUT2D eigenvalue weighted by Crippen LogP contribution is 2.25. The van der Waals surface area contributed by atoms with Gasteiger partial charge in [-0.15, -0.1) is 0 Å². The van der Waals surface area contributed by atoms with E-state index in [1.165, 1.54) is 0 Å². The fourth-order valence-corrected chi connectivity index (χ4v) is 2.16. The molecular weight excluding hydrogens is 252 g/mol. The molecule has 0 amide bonds. The van der Waals surface area contributed by atoms with Gasteiger partial charge < -0.3 is 14.8 Å². The number of alkyl halides is 2. The fourth-order valence-electron chi connectivity index (χ4n) is 2.16. The Morgan fingerprint density at radius 3 is 2.63 bits per heavy atom. The van der Waals surface area contributed by atoms with E-state index in [-0.39, 0.29) is 17.4 Å². The van der Waals surface area contributed by atoms with Gasteiger partial charge >= 0.3 is 6.61 Å². The molecule has 1 heterocycles. The molecule has 1 aromatic rings. The molecule has 5 heteroatoms. The topological polar surface area (TPSA) is 30.5 Å². The van der Waals surface area contributed by atoms with E-state index in [0.717, 1.165) is 18.6 Å². The minimum Gasteiger partial charge on any atom is -0.435 e. The van der Waals surface area contributed by atoms with Crippen LogP contribution in [0, 0.1) is 0 Å². The van der Waals surface area contributed by atoms with Crippen molar-refractivity contribution in [3.63, 3.8) is 0 Å². The standard InChI is InChI=1S/C14H19F2NO2/c1-10-14(2,7-8-18-10)17-9-11-3-5-12(6-4-11)19-13(15)16/h3-6,10,13,17H,7-9H2,1-2H3. The predicted octanol–water partition coefficient (Wildman–Crippen LogP) is 2.95. The van der Waals surface area contributed by atoms with Gasteiger partial charge in [0.25, 0.3) is 0 Å². The summed E-state index contributed by atoms with van der Waals surface area (Å²) in [6, 6.07) is 6.68. The van der Waals surface area contributed by atoms with E-state index in [2.05, 4.69) is 23.9 Å². The number of hydrogen-bond donors (Lipinski definition) is 1. The quantitative estimate of drug-likeness (QED) is 0.893. The van der Waals surface area contributed by atoms with Gasteiger partial charge in [-0.2, -0.15) is 8.78 Å². The van der Waals surface area contributed by atoms with Crippen LogP contribution in [0.1, 0.15) is 25.8 Å². The summed E-state index contributed by atoms with van der Waals surface area (Å²) in [5.41, 5.74) is 1.000. The molecule has 2 unspecified atom stereocenters. The summed E-state index contributed by atoms with van der Waals surface area (Å²) in [4.78, 5) is 0. The molecule has 0 spiro atoms. The second-order valence-corrected chi connectivity index (χ2v) is 5.06. The third kappa shape index (κ3) is 3.64. The van der Waals surface area contributed by atoms with Gasteiger partial charge in [0.2, 0.25) is 0 Å². The number of halogens is 2. The van der Waals surface area contributed by atoms with Crippen LogP contribution in [0.5, 0.6) is 5.75 Å². The third-order valence-electron chi connectivity index (χ3n) is 3.73. The molecule has 0 aromatic heterocycles. The Hall–Kier alpha value is -1.20. The van der Waals surface area contributed by atoms with Gasteiger partial charge in [0.05, 0.1) is 6.10 Å². The molecule has 2 atom stereocenters. The first-order valence-corrected chi connectivity index (χ1v) is 6.40. The van der Waals surface area contributed by atoms with Gasteiger partial charge in [0.15, 0.2) is 0 Å². The summed E-state index contributed by atoms with van der Waals surface area (Å²) in [5.74, 6) is 0.183. The Balaban J connectivity index is 1.89. The maximum Gasteiger partial charge on any atom is 0.387 e. The maximum absolute atomic E-state index is 12.0. The van der Waals surface area contributed by atoms with Crippen LogP contribution in [-0.4, -0.2) is 24.9 Å².